The smallest absolute Gasteiger partial charge is 0.00190 e. The maximum absolute atomic E-state index is 4.22. The first-order chi connectivity index (χ1) is 7.35. The van der Waals surface area contributed by atoms with Gasteiger partial charge in [0.2, 0.25) is 0 Å². The normalized spacial score (nSPS) is 11.2. The summed E-state index contributed by atoms with van der Waals surface area (Å²) < 4.78 is 0. The summed E-state index contributed by atoms with van der Waals surface area (Å²) in [6, 6.07) is 0. The van der Waals surface area contributed by atoms with Gasteiger partial charge in [-0.1, -0.05) is 46.0 Å². The predicted molar refractivity (Wildman–Crippen MR) is 74.0 cm³/mol. The minimum absolute atomic E-state index is 1.06. The van der Waals surface area contributed by atoms with E-state index < -0.39 is 0 Å². The van der Waals surface area contributed by atoms with Gasteiger partial charge in [0.15, 0.2) is 0 Å². The molecule has 0 aliphatic carbocycles. The summed E-state index contributed by atoms with van der Waals surface area (Å²) in [7, 11) is 0. The third-order valence-electron chi connectivity index (χ3n) is 3.03. The molecule has 15 heavy (non-hydrogen) atoms. The molecule has 2 heteroatoms. The first-order valence-corrected chi connectivity index (χ1v) is 7.31. The van der Waals surface area contributed by atoms with E-state index in [1.807, 2.05) is 0 Å². The molecule has 0 saturated carbocycles. The molecule has 0 rings (SSSR count). The fraction of sp³-hybridized carbons (Fsp3) is 1.00. The maximum Gasteiger partial charge on any atom is -0.00190 e. The Morgan fingerprint density at radius 2 is 1.20 bits per heavy atom. The van der Waals surface area contributed by atoms with Crippen LogP contribution in [0.25, 0.3) is 0 Å². The summed E-state index contributed by atoms with van der Waals surface area (Å²) in [4.78, 5) is 2.51. The van der Waals surface area contributed by atoms with Gasteiger partial charge in [0, 0.05) is 0 Å². The number of hydrogen-bond acceptors (Lipinski definition) is 2. The second-order valence-electron chi connectivity index (χ2n) is 4.23. The molecule has 0 saturated heterocycles. The van der Waals surface area contributed by atoms with Gasteiger partial charge in [-0.3, -0.25) is 0 Å². The Hall–Kier alpha value is 0.310. The fourth-order valence-corrected chi connectivity index (χ4v) is 2.09. The lowest BCUT2D eigenvalue weighted by Gasteiger charge is -2.17. The lowest BCUT2D eigenvalue weighted by molar-refractivity contribution is 0.295. The molecule has 0 atom stereocenters. The van der Waals surface area contributed by atoms with Crippen molar-refractivity contribution in [2.75, 3.05) is 25.4 Å². The summed E-state index contributed by atoms with van der Waals surface area (Å²) in [5, 5.41) is 0. The molecule has 0 N–H and O–H groups in total. The Morgan fingerprint density at radius 1 is 0.733 bits per heavy atom. The van der Waals surface area contributed by atoms with E-state index >= 15 is 0 Å². The average molecular weight is 231 g/mol. The van der Waals surface area contributed by atoms with E-state index in [0.29, 0.717) is 0 Å². The Balaban J connectivity index is 3.04. The number of nitrogens with zero attached hydrogens (tertiary/aromatic N) is 1. The van der Waals surface area contributed by atoms with Crippen LogP contribution in [-0.4, -0.2) is 30.3 Å². The first kappa shape index (κ1) is 15.3. The highest BCUT2D eigenvalue weighted by molar-refractivity contribution is 7.80. The van der Waals surface area contributed by atoms with Crippen molar-refractivity contribution in [1.82, 2.24) is 4.90 Å². The number of rotatable bonds is 11. The van der Waals surface area contributed by atoms with Crippen molar-refractivity contribution < 1.29 is 0 Å². The van der Waals surface area contributed by atoms with Crippen LogP contribution in [0.1, 0.15) is 58.8 Å². The van der Waals surface area contributed by atoms with Crippen molar-refractivity contribution >= 4 is 12.6 Å². The molecule has 0 spiro atoms. The quantitative estimate of drug-likeness (QED) is 0.416. The van der Waals surface area contributed by atoms with Crippen LogP contribution in [0.4, 0.5) is 0 Å². The van der Waals surface area contributed by atoms with Crippen LogP contribution in [0.2, 0.25) is 0 Å². The van der Waals surface area contributed by atoms with Crippen LogP contribution >= 0.6 is 12.6 Å². The van der Waals surface area contributed by atoms with Gasteiger partial charge in [0.25, 0.3) is 0 Å². The fourth-order valence-electron chi connectivity index (χ4n) is 1.87. The van der Waals surface area contributed by atoms with E-state index in [1.54, 1.807) is 0 Å². The predicted octanol–water partition coefficient (Wildman–Crippen LogP) is 3.99. The third-order valence-corrected chi connectivity index (χ3v) is 3.34. The number of thiol groups is 1. The average Bonchev–Trinajstić information content (AvgIpc) is 2.27. The second-order valence-corrected chi connectivity index (χ2v) is 4.67. The van der Waals surface area contributed by atoms with Crippen LogP contribution in [0.5, 0.6) is 0 Å². The molecule has 1 nitrogen and oxygen atoms in total. The van der Waals surface area contributed by atoms with Gasteiger partial charge in [-0.25, -0.2) is 0 Å². The molecule has 0 radical (unpaired) electrons. The van der Waals surface area contributed by atoms with Crippen molar-refractivity contribution in [2.45, 2.75) is 58.8 Å². The Kier molecular flexibility index (Phi) is 12.6. The number of hydrogen-bond donors (Lipinski definition) is 1. The van der Waals surface area contributed by atoms with Crippen LogP contribution in [-0.2, 0) is 0 Å². The molecule has 92 valence electrons. The third kappa shape index (κ3) is 10.6. The first-order valence-electron chi connectivity index (χ1n) is 6.68. The summed E-state index contributed by atoms with van der Waals surface area (Å²) in [6.07, 6.45) is 9.72. The number of unbranched alkanes of at least 4 members (excludes halogenated alkanes) is 6. The van der Waals surface area contributed by atoms with E-state index in [9.17, 15) is 0 Å². The van der Waals surface area contributed by atoms with Crippen LogP contribution in [0.3, 0.4) is 0 Å². The van der Waals surface area contributed by atoms with Gasteiger partial charge < -0.3 is 4.90 Å². The van der Waals surface area contributed by atoms with Gasteiger partial charge >= 0.3 is 0 Å². The Bertz CT molecular complexity index is 113. The minimum Gasteiger partial charge on any atom is -0.304 e. The zero-order valence-corrected chi connectivity index (χ0v) is 11.6. The van der Waals surface area contributed by atoms with E-state index in [-0.39, 0.29) is 0 Å². The Morgan fingerprint density at radius 3 is 1.67 bits per heavy atom. The second kappa shape index (κ2) is 12.4. The van der Waals surface area contributed by atoms with E-state index in [1.165, 1.54) is 64.6 Å². The molecule has 0 heterocycles. The molecule has 0 aliphatic rings. The molecule has 0 bridgehead atoms. The Labute approximate surface area is 102 Å². The van der Waals surface area contributed by atoms with Crippen LogP contribution in [0, 0.1) is 0 Å². The standard InChI is InChI=1S/C13H29NS/c1-3-14(4-2)12-10-8-6-5-7-9-11-13-15/h15H,3-13H2,1-2H3. The molecule has 0 aromatic heterocycles. The molecule has 0 aromatic carbocycles. The molecule has 0 amide bonds. The molecular formula is C13H29NS. The summed E-state index contributed by atoms with van der Waals surface area (Å²) in [6.45, 7) is 8.21. The van der Waals surface area contributed by atoms with Crippen molar-refractivity contribution in [2.24, 2.45) is 0 Å². The van der Waals surface area contributed by atoms with Gasteiger partial charge in [0.1, 0.15) is 0 Å². The summed E-state index contributed by atoms with van der Waals surface area (Å²) in [5.41, 5.74) is 0. The summed E-state index contributed by atoms with van der Waals surface area (Å²) in [5.74, 6) is 1.06. The molecular weight excluding hydrogens is 202 g/mol. The SMILES string of the molecule is CCN(CC)CCCCCCCCCS. The lowest BCUT2D eigenvalue weighted by Crippen LogP contribution is -2.23. The van der Waals surface area contributed by atoms with Gasteiger partial charge in [-0.2, -0.15) is 12.6 Å². The van der Waals surface area contributed by atoms with Crippen molar-refractivity contribution in [3.63, 3.8) is 0 Å². The molecule has 0 aliphatic heterocycles. The van der Waals surface area contributed by atoms with Crippen LogP contribution < -0.4 is 0 Å². The lowest BCUT2D eigenvalue weighted by atomic mass is 10.1. The van der Waals surface area contributed by atoms with Crippen LogP contribution in [0.15, 0.2) is 0 Å². The van der Waals surface area contributed by atoms with Crippen molar-refractivity contribution in [3.05, 3.63) is 0 Å². The molecule has 0 fully saturated rings. The highest BCUT2D eigenvalue weighted by Crippen LogP contribution is 2.08. The van der Waals surface area contributed by atoms with Crippen molar-refractivity contribution in [1.29, 1.82) is 0 Å². The highest BCUT2D eigenvalue weighted by Gasteiger charge is 1.97. The van der Waals surface area contributed by atoms with E-state index in [0.717, 1.165) is 5.75 Å². The largest absolute Gasteiger partial charge is 0.304 e. The molecule has 0 unspecified atom stereocenters. The monoisotopic (exact) mass is 231 g/mol. The highest BCUT2D eigenvalue weighted by atomic mass is 32.1. The van der Waals surface area contributed by atoms with Crippen molar-refractivity contribution in [3.8, 4) is 0 Å². The minimum atomic E-state index is 1.06. The molecule has 0 aromatic rings. The zero-order valence-electron chi connectivity index (χ0n) is 10.7. The topological polar surface area (TPSA) is 3.24 Å². The summed E-state index contributed by atoms with van der Waals surface area (Å²) >= 11 is 4.22. The van der Waals surface area contributed by atoms with Gasteiger partial charge in [-0.05, 0) is 38.2 Å². The maximum atomic E-state index is 4.22. The van der Waals surface area contributed by atoms with Gasteiger partial charge in [0.05, 0.1) is 0 Å². The zero-order chi connectivity index (χ0) is 11.4. The van der Waals surface area contributed by atoms with Gasteiger partial charge in [-0.15, -0.1) is 0 Å². The van der Waals surface area contributed by atoms with E-state index in [4.69, 9.17) is 0 Å². The van der Waals surface area contributed by atoms with E-state index in [2.05, 4.69) is 31.4 Å².